The van der Waals surface area contributed by atoms with Gasteiger partial charge >= 0.3 is 0 Å². The van der Waals surface area contributed by atoms with Gasteiger partial charge in [0.25, 0.3) is 0 Å². The summed E-state index contributed by atoms with van der Waals surface area (Å²) in [5.41, 5.74) is 4.75. The van der Waals surface area contributed by atoms with Crippen molar-refractivity contribution < 1.29 is 14.9 Å². The number of ether oxygens (including phenoxy) is 1. The molecule has 2 N–H and O–H groups in total. The normalized spacial score (nSPS) is 24.4. The summed E-state index contributed by atoms with van der Waals surface area (Å²) < 4.78 is 5.93. The molecule has 1 heterocycles. The van der Waals surface area contributed by atoms with Gasteiger partial charge < -0.3 is 14.9 Å². The van der Waals surface area contributed by atoms with E-state index in [2.05, 4.69) is 30.3 Å². The van der Waals surface area contributed by atoms with Crippen LogP contribution in [0.3, 0.4) is 0 Å². The van der Waals surface area contributed by atoms with Gasteiger partial charge in [-0.3, -0.25) is 0 Å². The van der Waals surface area contributed by atoms with Gasteiger partial charge in [-0.2, -0.15) is 0 Å². The smallest absolute Gasteiger partial charge is 0.0854 e. The van der Waals surface area contributed by atoms with E-state index in [1.807, 2.05) is 26.0 Å². The summed E-state index contributed by atoms with van der Waals surface area (Å²) in [6.07, 6.45) is 3.48. The Morgan fingerprint density at radius 1 is 1.00 bits per heavy atom. The highest BCUT2D eigenvalue weighted by molar-refractivity contribution is 6.31. The van der Waals surface area contributed by atoms with E-state index in [-0.39, 0.29) is 18.8 Å². The minimum Gasteiger partial charge on any atom is -0.394 e. The van der Waals surface area contributed by atoms with Gasteiger partial charge in [-0.15, -0.1) is 0 Å². The van der Waals surface area contributed by atoms with Crippen LogP contribution in [-0.4, -0.2) is 29.0 Å². The van der Waals surface area contributed by atoms with Crippen LogP contribution in [0.5, 0.6) is 0 Å². The minimum atomic E-state index is -0.444. The fourth-order valence-corrected chi connectivity index (χ4v) is 3.98. The van der Waals surface area contributed by atoms with E-state index in [0.29, 0.717) is 12.8 Å². The molecular weight excluding hydrogens is 372 g/mol. The summed E-state index contributed by atoms with van der Waals surface area (Å²) in [5.74, 6) is 0.769. The lowest BCUT2D eigenvalue weighted by Crippen LogP contribution is -2.33. The molecule has 152 valence electrons. The molecule has 28 heavy (non-hydrogen) atoms. The van der Waals surface area contributed by atoms with Gasteiger partial charge in [-0.25, -0.2) is 0 Å². The Hall–Kier alpha value is -1.39. The first-order valence-corrected chi connectivity index (χ1v) is 10.8. The quantitative estimate of drug-likeness (QED) is 0.703. The van der Waals surface area contributed by atoms with E-state index < -0.39 is 6.10 Å². The Labute approximate surface area is 173 Å². The molecule has 0 spiro atoms. The number of aliphatic hydroxyl groups excluding tert-OH is 2. The van der Waals surface area contributed by atoms with Crippen LogP contribution in [0.2, 0.25) is 5.02 Å². The average molecular weight is 403 g/mol. The standard InChI is InChI=1S/C22H25ClO3.C2H6/c23-21-8-7-17(22-12-19(25)11-20(13-24)26-22)10-18(21)9-14-1-3-15(4-2-14)16-5-6-16;1-2/h1-4,7-8,10,16,19-20,22,24-25H,5-6,9,11-13H2;1-2H3. The molecule has 1 aliphatic heterocycles. The average Bonchev–Trinajstić information content (AvgIpc) is 3.56. The molecule has 0 radical (unpaired) electrons. The largest absolute Gasteiger partial charge is 0.394 e. The zero-order valence-corrected chi connectivity index (χ0v) is 17.5. The minimum absolute atomic E-state index is 0.0681. The van der Waals surface area contributed by atoms with Crippen LogP contribution < -0.4 is 0 Å². The Morgan fingerprint density at radius 3 is 2.32 bits per heavy atom. The highest BCUT2D eigenvalue weighted by Crippen LogP contribution is 2.40. The van der Waals surface area contributed by atoms with Gasteiger partial charge in [-0.05, 0) is 53.5 Å². The summed E-state index contributed by atoms with van der Waals surface area (Å²) in [5, 5.41) is 20.2. The Balaban J connectivity index is 0.00000109. The first-order valence-electron chi connectivity index (χ1n) is 10.4. The van der Waals surface area contributed by atoms with Crippen molar-refractivity contribution in [1.29, 1.82) is 0 Å². The first-order chi connectivity index (χ1) is 13.6. The van der Waals surface area contributed by atoms with Crippen molar-refractivity contribution in [3.63, 3.8) is 0 Å². The van der Waals surface area contributed by atoms with Crippen LogP contribution >= 0.6 is 11.6 Å². The van der Waals surface area contributed by atoms with Crippen molar-refractivity contribution in [1.82, 2.24) is 0 Å². The van der Waals surface area contributed by atoms with E-state index in [1.54, 1.807) is 0 Å². The van der Waals surface area contributed by atoms with Crippen molar-refractivity contribution in [2.24, 2.45) is 0 Å². The van der Waals surface area contributed by atoms with E-state index in [9.17, 15) is 10.2 Å². The molecule has 2 aromatic rings. The van der Waals surface area contributed by atoms with E-state index in [4.69, 9.17) is 16.3 Å². The number of hydrogen-bond donors (Lipinski definition) is 2. The van der Waals surface area contributed by atoms with Crippen LogP contribution in [-0.2, 0) is 11.2 Å². The highest BCUT2D eigenvalue weighted by atomic mass is 35.5. The van der Waals surface area contributed by atoms with Gasteiger partial charge in [-0.1, -0.05) is 61.8 Å². The molecule has 1 saturated carbocycles. The van der Waals surface area contributed by atoms with Gasteiger partial charge in [0, 0.05) is 17.9 Å². The molecule has 0 aromatic heterocycles. The van der Waals surface area contributed by atoms with E-state index in [1.165, 1.54) is 24.0 Å². The van der Waals surface area contributed by atoms with Crippen molar-refractivity contribution in [3.8, 4) is 0 Å². The summed E-state index contributed by atoms with van der Waals surface area (Å²) in [6, 6.07) is 14.8. The summed E-state index contributed by atoms with van der Waals surface area (Å²) in [6.45, 7) is 3.93. The molecule has 0 amide bonds. The summed E-state index contributed by atoms with van der Waals surface area (Å²) in [4.78, 5) is 0. The van der Waals surface area contributed by atoms with Crippen LogP contribution in [0.1, 0.15) is 73.8 Å². The Bertz CT molecular complexity index is 755. The fraction of sp³-hybridized carbons (Fsp3) is 0.500. The summed E-state index contributed by atoms with van der Waals surface area (Å²) in [7, 11) is 0. The SMILES string of the molecule is CC.OCC1CC(O)CC(c2ccc(Cl)c(Cc3ccc(C4CC4)cc3)c2)O1. The maximum Gasteiger partial charge on any atom is 0.0854 e. The number of benzene rings is 2. The lowest BCUT2D eigenvalue weighted by Gasteiger charge is -2.32. The molecule has 4 rings (SSSR count). The van der Waals surface area contributed by atoms with Crippen molar-refractivity contribution in [2.75, 3.05) is 6.61 Å². The van der Waals surface area contributed by atoms with Crippen LogP contribution in [0.4, 0.5) is 0 Å². The first kappa shape index (κ1) is 21.3. The number of rotatable bonds is 5. The molecule has 1 aliphatic carbocycles. The van der Waals surface area contributed by atoms with Crippen LogP contribution in [0.15, 0.2) is 42.5 Å². The Morgan fingerprint density at radius 2 is 1.68 bits per heavy atom. The maximum absolute atomic E-state index is 10.1. The lowest BCUT2D eigenvalue weighted by atomic mass is 9.94. The molecule has 4 heteroatoms. The van der Waals surface area contributed by atoms with Gasteiger partial charge in [0.1, 0.15) is 0 Å². The second kappa shape index (κ2) is 9.89. The van der Waals surface area contributed by atoms with E-state index in [0.717, 1.165) is 28.5 Å². The van der Waals surface area contributed by atoms with Gasteiger partial charge in [0.15, 0.2) is 0 Å². The molecule has 3 nitrogen and oxygen atoms in total. The molecule has 3 unspecified atom stereocenters. The third-order valence-corrected chi connectivity index (χ3v) is 5.81. The van der Waals surface area contributed by atoms with Crippen LogP contribution in [0.25, 0.3) is 0 Å². The predicted octanol–water partition coefficient (Wildman–Crippen LogP) is 5.41. The number of hydrogen-bond acceptors (Lipinski definition) is 3. The third kappa shape index (κ3) is 5.36. The molecule has 1 saturated heterocycles. The molecule has 2 aliphatic rings. The number of aliphatic hydroxyl groups is 2. The zero-order chi connectivity index (χ0) is 20.1. The van der Waals surface area contributed by atoms with Crippen molar-refractivity contribution in [2.45, 2.75) is 70.2 Å². The highest BCUT2D eigenvalue weighted by Gasteiger charge is 2.29. The molecule has 2 aromatic carbocycles. The van der Waals surface area contributed by atoms with Crippen LogP contribution in [0, 0.1) is 0 Å². The molecule has 0 bridgehead atoms. The van der Waals surface area contributed by atoms with Gasteiger partial charge in [0.05, 0.1) is 24.9 Å². The Kier molecular flexibility index (Phi) is 7.53. The van der Waals surface area contributed by atoms with Crippen molar-refractivity contribution in [3.05, 3.63) is 69.7 Å². The molecule has 2 fully saturated rings. The monoisotopic (exact) mass is 402 g/mol. The topological polar surface area (TPSA) is 49.7 Å². The molecule has 3 atom stereocenters. The number of halogens is 1. The fourth-order valence-electron chi connectivity index (χ4n) is 3.80. The second-order valence-corrected chi connectivity index (χ2v) is 8.01. The summed E-state index contributed by atoms with van der Waals surface area (Å²) >= 11 is 6.43. The van der Waals surface area contributed by atoms with E-state index >= 15 is 0 Å². The zero-order valence-electron chi connectivity index (χ0n) is 16.8. The molecular formula is C24H31ClO3. The maximum atomic E-state index is 10.1. The lowest BCUT2D eigenvalue weighted by molar-refractivity contribution is -0.113. The van der Waals surface area contributed by atoms with Gasteiger partial charge in [0.2, 0.25) is 0 Å². The van der Waals surface area contributed by atoms with Crippen molar-refractivity contribution >= 4 is 11.6 Å². The third-order valence-electron chi connectivity index (χ3n) is 5.45. The predicted molar refractivity (Wildman–Crippen MR) is 114 cm³/mol. The second-order valence-electron chi connectivity index (χ2n) is 7.60.